The quantitative estimate of drug-likeness (QED) is 0.422. The Morgan fingerprint density at radius 2 is 1.74 bits per heavy atom. The van der Waals surface area contributed by atoms with Gasteiger partial charge in [0.2, 0.25) is 5.79 Å². The Labute approximate surface area is 212 Å². The summed E-state index contributed by atoms with van der Waals surface area (Å²) in [6, 6.07) is 8.13. The van der Waals surface area contributed by atoms with E-state index in [1.807, 2.05) is 24.3 Å². The van der Waals surface area contributed by atoms with Crippen LogP contribution in [-0.4, -0.2) is 29.7 Å². The lowest BCUT2D eigenvalue weighted by Gasteiger charge is -2.62. The summed E-state index contributed by atoms with van der Waals surface area (Å²) in [4.78, 5) is 12.0. The number of fused-ring (bicyclic) bond motifs is 5. The minimum atomic E-state index is -0.611. The summed E-state index contributed by atoms with van der Waals surface area (Å²) in [6.07, 6.45) is 9.77. The van der Waals surface area contributed by atoms with Crippen LogP contribution in [0.2, 0.25) is 0 Å². The summed E-state index contributed by atoms with van der Waals surface area (Å²) in [6.45, 7) is 9.66. The molecule has 5 heteroatoms. The minimum Gasteiger partial charge on any atom is -0.393 e. The lowest BCUT2D eigenvalue weighted by atomic mass is 9.45. The molecule has 4 nitrogen and oxygen atoms in total. The van der Waals surface area contributed by atoms with Crippen molar-refractivity contribution < 1.29 is 19.6 Å². The van der Waals surface area contributed by atoms with Crippen molar-refractivity contribution in [1.29, 1.82) is 0 Å². The van der Waals surface area contributed by atoms with Gasteiger partial charge in [-0.3, -0.25) is 0 Å². The van der Waals surface area contributed by atoms with Crippen LogP contribution in [-0.2, 0) is 14.5 Å². The molecule has 34 heavy (non-hydrogen) atoms. The van der Waals surface area contributed by atoms with E-state index in [4.69, 9.17) is 14.5 Å². The Kier molecular flexibility index (Phi) is 5.85. The van der Waals surface area contributed by atoms with Crippen LogP contribution in [0.3, 0.4) is 0 Å². The van der Waals surface area contributed by atoms with E-state index < -0.39 is 5.79 Å². The van der Waals surface area contributed by atoms with Crippen molar-refractivity contribution >= 4 is 21.5 Å². The Morgan fingerprint density at radius 1 is 0.971 bits per heavy atom. The Balaban J connectivity index is 1.13. The Morgan fingerprint density at radius 3 is 2.47 bits per heavy atom. The molecule has 186 valence electrons. The maximum Gasteiger partial charge on any atom is 0.202 e. The fraction of sp³-hybridized carbons (Fsp3) is 0.724. The molecule has 1 aromatic carbocycles. The summed E-state index contributed by atoms with van der Waals surface area (Å²) in [5.74, 6) is 2.23. The van der Waals surface area contributed by atoms with Crippen LogP contribution >= 0.6 is 15.9 Å². The Hall–Kier alpha value is -0.720. The molecule has 1 aliphatic heterocycles. The van der Waals surface area contributed by atoms with Gasteiger partial charge >= 0.3 is 0 Å². The number of aliphatic hydroxyl groups is 1. The van der Waals surface area contributed by atoms with E-state index in [1.54, 1.807) is 0 Å². The first-order valence-corrected chi connectivity index (χ1v) is 14.1. The van der Waals surface area contributed by atoms with Gasteiger partial charge in [0, 0.05) is 17.3 Å². The molecule has 9 atom stereocenters. The van der Waals surface area contributed by atoms with E-state index in [9.17, 15) is 5.11 Å². The number of rotatable bonds is 2. The predicted octanol–water partition coefficient (Wildman–Crippen LogP) is 6.91. The average Bonchev–Trinajstić information content (AvgIpc) is 3.15. The van der Waals surface area contributed by atoms with Crippen LogP contribution in [0.1, 0.15) is 77.2 Å². The van der Waals surface area contributed by atoms with Gasteiger partial charge in [-0.25, -0.2) is 9.78 Å². The summed E-state index contributed by atoms with van der Waals surface area (Å²) in [5, 5.41) is 10.7. The van der Waals surface area contributed by atoms with E-state index in [0.717, 1.165) is 53.1 Å². The number of hydrogen-bond donors (Lipinski definition) is 1. The molecule has 0 unspecified atom stereocenters. The van der Waals surface area contributed by atoms with Crippen LogP contribution in [0.5, 0.6) is 0 Å². The second-order valence-corrected chi connectivity index (χ2v) is 13.3. The van der Waals surface area contributed by atoms with Crippen LogP contribution in [0, 0.1) is 34.5 Å². The fourth-order valence-corrected chi connectivity index (χ4v) is 9.07. The minimum absolute atomic E-state index is 0.0973. The van der Waals surface area contributed by atoms with E-state index in [0.29, 0.717) is 23.9 Å². The van der Waals surface area contributed by atoms with Crippen molar-refractivity contribution in [1.82, 2.24) is 0 Å². The highest BCUT2D eigenvalue weighted by atomic mass is 79.9. The molecular weight excluding hydrogens is 492 g/mol. The summed E-state index contributed by atoms with van der Waals surface area (Å²) >= 11 is 3.49. The first-order valence-electron chi connectivity index (χ1n) is 13.4. The summed E-state index contributed by atoms with van der Waals surface area (Å²) < 4.78 is 7.51. The van der Waals surface area contributed by atoms with Crippen LogP contribution in [0.25, 0.3) is 5.57 Å². The fourth-order valence-electron chi connectivity index (χ4n) is 8.81. The van der Waals surface area contributed by atoms with Gasteiger partial charge in [0.1, 0.15) is 6.10 Å². The van der Waals surface area contributed by atoms with Gasteiger partial charge < -0.3 is 9.84 Å². The molecule has 0 bridgehead atoms. The molecule has 1 N–H and O–H groups in total. The average molecular weight is 532 g/mol. The van der Waals surface area contributed by atoms with Crippen LogP contribution < -0.4 is 0 Å². The number of ether oxygens (including phenoxy) is 1. The molecule has 6 rings (SSSR count). The van der Waals surface area contributed by atoms with Crippen LogP contribution in [0.4, 0.5) is 0 Å². The maximum absolute atomic E-state index is 10.7. The molecule has 0 radical (unpaired) electrons. The molecule has 1 saturated heterocycles. The number of halogens is 1. The third kappa shape index (κ3) is 3.60. The van der Waals surface area contributed by atoms with E-state index in [-0.39, 0.29) is 17.6 Å². The van der Waals surface area contributed by atoms with E-state index in [1.165, 1.54) is 32.1 Å². The highest BCUT2D eigenvalue weighted by Crippen LogP contribution is 2.67. The lowest BCUT2D eigenvalue weighted by Crippen LogP contribution is -2.58. The van der Waals surface area contributed by atoms with Crippen molar-refractivity contribution in [2.75, 3.05) is 6.61 Å². The second-order valence-electron chi connectivity index (χ2n) is 12.4. The molecule has 5 fully saturated rings. The first kappa shape index (κ1) is 23.7. The Bertz CT molecular complexity index is 938. The zero-order valence-electron chi connectivity index (χ0n) is 20.6. The van der Waals surface area contributed by atoms with E-state index >= 15 is 0 Å². The largest absolute Gasteiger partial charge is 0.393 e. The highest BCUT2D eigenvalue weighted by Gasteiger charge is 2.62. The molecule has 1 aromatic rings. The van der Waals surface area contributed by atoms with Gasteiger partial charge in [-0.15, -0.1) is 0 Å². The monoisotopic (exact) mass is 530 g/mol. The number of aliphatic hydroxyl groups excluding tert-OH is 1. The van der Waals surface area contributed by atoms with Gasteiger partial charge in [-0.2, -0.15) is 0 Å². The molecule has 1 heterocycles. The first-order chi connectivity index (χ1) is 16.2. The predicted molar refractivity (Wildman–Crippen MR) is 136 cm³/mol. The second kappa shape index (κ2) is 8.41. The van der Waals surface area contributed by atoms with Gasteiger partial charge in [-0.05, 0) is 103 Å². The molecule has 1 spiro atoms. The van der Waals surface area contributed by atoms with Crippen molar-refractivity contribution in [2.45, 2.75) is 89.6 Å². The van der Waals surface area contributed by atoms with Gasteiger partial charge in [0.15, 0.2) is 0 Å². The van der Waals surface area contributed by atoms with Crippen molar-refractivity contribution in [3.8, 4) is 0 Å². The van der Waals surface area contributed by atoms with E-state index in [2.05, 4.69) is 36.4 Å². The number of hydrogen-bond acceptors (Lipinski definition) is 4. The van der Waals surface area contributed by atoms with Gasteiger partial charge in [0.05, 0.1) is 12.7 Å². The topological polar surface area (TPSA) is 47.9 Å². The zero-order valence-corrected chi connectivity index (χ0v) is 22.2. The summed E-state index contributed by atoms with van der Waals surface area (Å²) in [5.41, 5.74) is 2.43. The van der Waals surface area contributed by atoms with Crippen molar-refractivity contribution in [2.24, 2.45) is 34.5 Å². The smallest absolute Gasteiger partial charge is 0.202 e. The van der Waals surface area contributed by atoms with Crippen LogP contribution in [0.15, 0.2) is 35.3 Å². The molecule has 5 aliphatic rings. The van der Waals surface area contributed by atoms with Crippen molar-refractivity contribution in [3.63, 3.8) is 0 Å². The molecular formula is C29H39BrO4. The number of benzene rings is 1. The summed E-state index contributed by atoms with van der Waals surface area (Å²) in [7, 11) is 0. The molecule has 0 aromatic heterocycles. The molecule has 4 aliphatic carbocycles. The highest BCUT2D eigenvalue weighted by molar-refractivity contribution is 9.10. The van der Waals surface area contributed by atoms with Gasteiger partial charge in [-0.1, -0.05) is 48.5 Å². The lowest BCUT2D eigenvalue weighted by molar-refractivity contribution is -0.489. The molecule has 0 amide bonds. The standard InChI is InChI=1S/C29H39BrO4/c1-18(19-4-7-21(30)8-5-19)25-17-32-29(34-33-25)15-14-27(2)20(16-29)6-9-22-23-10-11-26(31)28(23,3)13-12-24(22)27/h4-5,7-8,20,22-26,31H,1,6,9-17H2,2-3H3/t20-,22+,23+,24+,25+,26+,27+,28+,29+/m1/s1. The zero-order chi connectivity index (χ0) is 23.7. The third-order valence-electron chi connectivity index (χ3n) is 11.0. The van der Waals surface area contributed by atoms with Gasteiger partial charge in [0.25, 0.3) is 0 Å². The molecule has 4 saturated carbocycles. The van der Waals surface area contributed by atoms with Crippen molar-refractivity contribution in [3.05, 3.63) is 40.9 Å². The normalized spacial score (nSPS) is 48.1. The SMILES string of the molecule is C=C(c1ccc(Br)cc1)[C@@H]1CO[C@@]2(CC[C@@]3(C)[C@H](CC[C@@H]4[C@@H]3CC[C@]3(C)[C@@H](O)CC[C@@H]43)C2)OO1. The maximum atomic E-state index is 10.7. The third-order valence-corrected chi connectivity index (χ3v) is 11.6.